The van der Waals surface area contributed by atoms with Crippen LogP contribution in [0.4, 0.5) is 0 Å². The smallest absolute Gasteiger partial charge is 0.00164 e. The van der Waals surface area contributed by atoms with E-state index >= 15 is 0 Å². The minimum Gasteiger partial charge on any atom is -0.0622 e. The summed E-state index contributed by atoms with van der Waals surface area (Å²) in [6.07, 6.45) is 2.83. The van der Waals surface area contributed by atoms with Crippen molar-refractivity contribution in [1.29, 1.82) is 0 Å². The van der Waals surface area contributed by atoms with Gasteiger partial charge < -0.3 is 0 Å². The Kier molecular flexibility index (Phi) is 6.87. The first-order valence-electron chi connectivity index (χ1n) is 13.5. The van der Waals surface area contributed by atoms with Crippen molar-refractivity contribution in [3.8, 4) is 22.3 Å². The number of rotatable bonds is 7. The number of aryl methyl sites for hydroxylation is 2. The Balaban J connectivity index is 1.64. The van der Waals surface area contributed by atoms with Crippen LogP contribution in [0.25, 0.3) is 33.0 Å². The van der Waals surface area contributed by atoms with Gasteiger partial charge in [0.05, 0.1) is 0 Å². The topological polar surface area (TPSA) is 0 Å². The molecule has 0 N–H and O–H groups in total. The molecule has 0 amide bonds. The molecule has 6 aromatic rings. The van der Waals surface area contributed by atoms with Crippen molar-refractivity contribution < 1.29 is 0 Å². The van der Waals surface area contributed by atoms with Crippen LogP contribution in [-0.4, -0.2) is 0 Å². The van der Waals surface area contributed by atoms with E-state index in [2.05, 4.69) is 146 Å². The summed E-state index contributed by atoms with van der Waals surface area (Å²) in [5, 5.41) is 2.47. The molecule has 0 bridgehead atoms. The van der Waals surface area contributed by atoms with Gasteiger partial charge in [-0.15, -0.1) is 0 Å². The lowest BCUT2D eigenvalue weighted by Crippen LogP contribution is -2.04. The minimum atomic E-state index is 0.870. The summed E-state index contributed by atoms with van der Waals surface area (Å²) in [6.45, 7) is 2.16. The maximum absolute atomic E-state index is 3.91. The maximum Gasteiger partial charge on any atom is -0.00164 e. The summed E-state index contributed by atoms with van der Waals surface area (Å²) in [7, 11) is 0. The van der Waals surface area contributed by atoms with Crippen molar-refractivity contribution in [3.63, 3.8) is 0 Å². The van der Waals surface area contributed by atoms with Crippen LogP contribution in [-0.2, 0) is 19.3 Å². The molecule has 6 rings (SSSR count). The van der Waals surface area contributed by atoms with Crippen molar-refractivity contribution in [2.75, 3.05) is 0 Å². The lowest BCUT2D eigenvalue weighted by molar-refractivity contribution is 0.941. The summed E-state index contributed by atoms with van der Waals surface area (Å²) >= 11 is 0. The number of fused-ring (bicyclic) bond motifs is 1. The van der Waals surface area contributed by atoms with Gasteiger partial charge in [0.2, 0.25) is 0 Å². The van der Waals surface area contributed by atoms with E-state index in [4.69, 9.17) is 0 Å². The van der Waals surface area contributed by atoms with Crippen molar-refractivity contribution in [1.82, 2.24) is 0 Å². The second-order valence-corrected chi connectivity index (χ2v) is 10.1. The molecule has 0 aliphatic heterocycles. The normalized spacial score (nSPS) is 11.1. The first-order chi connectivity index (χ1) is 18.8. The summed E-state index contributed by atoms with van der Waals surface area (Å²) < 4.78 is 0. The molecule has 0 unspecified atom stereocenters. The zero-order valence-electron chi connectivity index (χ0n) is 21.8. The van der Waals surface area contributed by atoms with Crippen molar-refractivity contribution >= 4 is 10.8 Å². The van der Waals surface area contributed by atoms with Crippen LogP contribution >= 0.6 is 0 Å². The van der Waals surface area contributed by atoms with Crippen LogP contribution < -0.4 is 0 Å². The molecule has 1 radical (unpaired) electrons. The Morgan fingerprint density at radius 1 is 0.526 bits per heavy atom. The second-order valence-electron chi connectivity index (χ2n) is 10.1. The van der Waals surface area contributed by atoms with Gasteiger partial charge in [0, 0.05) is 0 Å². The number of hydrogen-bond acceptors (Lipinski definition) is 0. The van der Waals surface area contributed by atoms with Crippen molar-refractivity contribution in [2.45, 2.75) is 26.2 Å². The Hall–Kier alpha value is -4.42. The van der Waals surface area contributed by atoms with E-state index in [0.29, 0.717) is 0 Å². The largest absolute Gasteiger partial charge is 0.0622 e. The average Bonchev–Trinajstić information content (AvgIpc) is 2.97. The Morgan fingerprint density at radius 3 is 1.84 bits per heavy atom. The van der Waals surface area contributed by atoms with Crippen molar-refractivity contribution in [3.05, 3.63) is 167 Å². The molecule has 0 atom stereocenters. The van der Waals surface area contributed by atoms with E-state index in [9.17, 15) is 0 Å². The summed E-state index contributed by atoms with van der Waals surface area (Å²) in [5.41, 5.74) is 11.8. The van der Waals surface area contributed by atoms with E-state index in [-0.39, 0.29) is 0 Å². The third-order valence-electron chi connectivity index (χ3n) is 7.42. The molecule has 0 heterocycles. The Labute approximate surface area is 226 Å². The fraction of sp³-hybridized carbons (Fsp3) is 0.105. The van der Waals surface area contributed by atoms with Crippen LogP contribution in [0.2, 0.25) is 0 Å². The zero-order chi connectivity index (χ0) is 25.7. The third-order valence-corrected chi connectivity index (χ3v) is 7.42. The minimum absolute atomic E-state index is 0.870. The highest BCUT2D eigenvalue weighted by Gasteiger charge is 2.19. The van der Waals surface area contributed by atoms with E-state index in [1.54, 1.807) is 0 Å². The predicted molar refractivity (Wildman–Crippen MR) is 161 cm³/mol. The van der Waals surface area contributed by atoms with Crippen LogP contribution in [0.5, 0.6) is 0 Å². The quantitative estimate of drug-likeness (QED) is 0.210. The first kappa shape index (κ1) is 23.9. The van der Waals surface area contributed by atoms with Gasteiger partial charge in [-0.3, -0.25) is 0 Å². The fourth-order valence-corrected chi connectivity index (χ4v) is 5.50. The average molecular weight is 488 g/mol. The molecule has 0 saturated carbocycles. The Morgan fingerprint density at radius 2 is 1.16 bits per heavy atom. The Bertz CT molecular complexity index is 1650. The molecule has 0 heteroatoms. The van der Waals surface area contributed by atoms with Gasteiger partial charge in [-0.1, -0.05) is 139 Å². The lowest BCUT2D eigenvalue weighted by atomic mass is 9.82. The number of benzene rings is 6. The van der Waals surface area contributed by atoms with E-state index < -0.39 is 0 Å². The van der Waals surface area contributed by atoms with Crippen LogP contribution in [0, 0.1) is 13.0 Å². The van der Waals surface area contributed by atoms with Crippen LogP contribution in [0.1, 0.15) is 27.8 Å². The second kappa shape index (κ2) is 10.9. The van der Waals surface area contributed by atoms with Gasteiger partial charge in [0.25, 0.3) is 0 Å². The molecule has 0 aliphatic carbocycles. The highest BCUT2D eigenvalue weighted by molar-refractivity contribution is 6.08. The molecule has 6 aromatic carbocycles. The molecule has 0 spiro atoms. The summed E-state index contributed by atoms with van der Waals surface area (Å²) in [4.78, 5) is 0. The van der Waals surface area contributed by atoms with Crippen LogP contribution in [0.15, 0.2) is 133 Å². The van der Waals surface area contributed by atoms with Gasteiger partial charge in [-0.25, -0.2) is 0 Å². The highest BCUT2D eigenvalue weighted by atomic mass is 14.2. The molecule has 38 heavy (non-hydrogen) atoms. The predicted octanol–water partition coefficient (Wildman–Crippen LogP) is 9.66. The maximum atomic E-state index is 3.91. The fourth-order valence-electron chi connectivity index (χ4n) is 5.50. The molecule has 0 saturated heterocycles. The molecule has 0 fully saturated rings. The molecule has 0 nitrogen and oxygen atoms in total. The zero-order valence-corrected chi connectivity index (χ0v) is 21.8. The number of hydrogen-bond donors (Lipinski definition) is 0. The van der Waals surface area contributed by atoms with Gasteiger partial charge in [-0.2, -0.15) is 0 Å². The SMILES string of the molecule is Cc1ccc(-c2c(CCc3ccccc3)c(Cc3ccccc3)[c]c3cccc(-c4ccccc4)c23)cc1. The first-order valence-corrected chi connectivity index (χ1v) is 13.5. The third kappa shape index (κ3) is 5.04. The van der Waals surface area contributed by atoms with Gasteiger partial charge in [0.1, 0.15) is 0 Å². The van der Waals surface area contributed by atoms with Gasteiger partial charge in [0.15, 0.2) is 0 Å². The lowest BCUT2D eigenvalue weighted by Gasteiger charge is -2.21. The molecular weight excluding hydrogens is 456 g/mol. The van der Waals surface area contributed by atoms with Gasteiger partial charge >= 0.3 is 0 Å². The van der Waals surface area contributed by atoms with E-state index in [1.807, 2.05) is 0 Å². The molecule has 0 aromatic heterocycles. The monoisotopic (exact) mass is 487 g/mol. The molecule has 183 valence electrons. The summed E-state index contributed by atoms with van der Waals surface area (Å²) in [5.74, 6) is 0. The highest BCUT2D eigenvalue weighted by Crippen LogP contribution is 2.41. The van der Waals surface area contributed by atoms with Crippen LogP contribution in [0.3, 0.4) is 0 Å². The van der Waals surface area contributed by atoms with E-state index in [0.717, 1.165) is 19.3 Å². The van der Waals surface area contributed by atoms with Gasteiger partial charge in [-0.05, 0) is 87.5 Å². The summed E-state index contributed by atoms with van der Waals surface area (Å²) in [6, 6.07) is 52.1. The van der Waals surface area contributed by atoms with Crippen molar-refractivity contribution in [2.24, 2.45) is 0 Å². The van der Waals surface area contributed by atoms with E-state index in [1.165, 1.54) is 60.8 Å². The molecular formula is C38H31. The molecule has 0 aliphatic rings. The standard InChI is InChI=1S/C38H31/c1-28-20-23-32(24-21-28)37-36(25-22-29-12-5-2-6-13-29)34(26-30-14-7-3-8-15-30)27-33-18-11-19-35(38(33)37)31-16-9-4-10-17-31/h2-21,23-24H,22,25-26H2,1H3.